The Morgan fingerprint density at radius 1 is 1.32 bits per heavy atom. The van der Waals surface area contributed by atoms with Crippen molar-refractivity contribution in [3.05, 3.63) is 35.9 Å². The molecule has 25 heavy (non-hydrogen) atoms. The normalized spacial score (nSPS) is 15.2. The number of carboxylic acids is 1. The van der Waals surface area contributed by atoms with Crippen LogP contribution in [0.5, 0.6) is 5.75 Å². The lowest BCUT2D eigenvalue weighted by atomic mass is 9.97. The minimum atomic E-state index is -1.21. The Hall–Kier alpha value is -2.34. The van der Waals surface area contributed by atoms with Gasteiger partial charge < -0.3 is 25.3 Å². The highest BCUT2D eigenvalue weighted by atomic mass is 16.5. The molecule has 6 nitrogen and oxygen atoms in total. The van der Waals surface area contributed by atoms with Gasteiger partial charge in [-0.25, -0.2) is 0 Å². The maximum atomic E-state index is 12.2. The van der Waals surface area contributed by atoms with Gasteiger partial charge in [0.2, 0.25) is 5.91 Å². The maximum absolute atomic E-state index is 12.2. The highest BCUT2D eigenvalue weighted by molar-refractivity contribution is 5.94. The molecule has 136 valence electrons. The molecular weight excluding hydrogens is 320 g/mol. The highest BCUT2D eigenvalue weighted by Gasteiger charge is 2.19. The largest absolute Gasteiger partial charge is 0.544 e. The summed E-state index contributed by atoms with van der Waals surface area (Å²) >= 11 is 0. The number of carbonyl (C=O) groups is 2. The molecule has 1 aromatic carbocycles. The van der Waals surface area contributed by atoms with E-state index in [1.165, 1.54) is 25.5 Å². The molecule has 1 aliphatic carbocycles. The monoisotopic (exact) mass is 346 g/mol. The van der Waals surface area contributed by atoms with Crippen molar-refractivity contribution in [2.45, 2.75) is 44.6 Å². The zero-order valence-electron chi connectivity index (χ0n) is 14.6. The van der Waals surface area contributed by atoms with Gasteiger partial charge in [-0.05, 0) is 37.8 Å². The molecule has 0 aromatic heterocycles. The Morgan fingerprint density at radius 3 is 2.80 bits per heavy atom. The lowest BCUT2D eigenvalue weighted by Gasteiger charge is -2.18. The summed E-state index contributed by atoms with van der Waals surface area (Å²) in [5.74, 6) is -1.05. The SMILES string of the molecule is COc1ccccc1NC(=O)C[C@@H]([NH2+]CCC1=CCCCC1)C(=O)[O-]. The third-order valence-corrected chi connectivity index (χ3v) is 4.39. The molecule has 0 unspecified atom stereocenters. The molecule has 0 fully saturated rings. The van der Waals surface area contributed by atoms with E-state index < -0.39 is 12.0 Å². The Bertz CT molecular complexity index is 628. The molecule has 1 amide bonds. The van der Waals surface area contributed by atoms with Crippen LogP contribution in [-0.4, -0.2) is 31.6 Å². The average molecular weight is 346 g/mol. The number of aliphatic carboxylic acids is 1. The van der Waals surface area contributed by atoms with Crippen molar-refractivity contribution in [3.8, 4) is 5.75 Å². The van der Waals surface area contributed by atoms with Gasteiger partial charge in [0.15, 0.2) is 0 Å². The maximum Gasteiger partial charge on any atom is 0.230 e. The molecule has 6 heteroatoms. The summed E-state index contributed by atoms with van der Waals surface area (Å²) in [7, 11) is 1.52. The molecule has 0 radical (unpaired) electrons. The Morgan fingerprint density at radius 2 is 2.12 bits per heavy atom. The zero-order chi connectivity index (χ0) is 18.1. The number of hydrogen-bond acceptors (Lipinski definition) is 4. The summed E-state index contributed by atoms with van der Waals surface area (Å²) in [5.41, 5.74) is 1.91. The van der Waals surface area contributed by atoms with E-state index in [-0.39, 0.29) is 12.3 Å². The smallest absolute Gasteiger partial charge is 0.230 e. The van der Waals surface area contributed by atoms with E-state index in [0.29, 0.717) is 18.0 Å². The summed E-state index contributed by atoms with van der Waals surface area (Å²) in [4.78, 5) is 23.5. The second-order valence-corrected chi connectivity index (χ2v) is 6.26. The first kappa shape index (κ1) is 19.0. The van der Waals surface area contributed by atoms with Crippen LogP contribution in [0.1, 0.15) is 38.5 Å². The van der Waals surface area contributed by atoms with Crippen molar-refractivity contribution in [2.75, 3.05) is 19.0 Å². The fourth-order valence-corrected chi connectivity index (χ4v) is 3.01. The number of allylic oxidation sites excluding steroid dienone is 1. The second kappa shape index (κ2) is 9.84. The Kier molecular flexibility index (Phi) is 7.47. The fraction of sp³-hybridized carbons (Fsp3) is 0.474. The lowest BCUT2D eigenvalue weighted by molar-refractivity contribution is -0.682. The molecule has 2 rings (SSSR count). The third-order valence-electron chi connectivity index (χ3n) is 4.39. The highest BCUT2D eigenvalue weighted by Crippen LogP contribution is 2.23. The van der Waals surface area contributed by atoms with Crippen LogP contribution in [0.25, 0.3) is 0 Å². The predicted octanol–water partition coefficient (Wildman–Crippen LogP) is 0.596. The van der Waals surface area contributed by atoms with E-state index in [9.17, 15) is 14.7 Å². The van der Waals surface area contributed by atoms with Gasteiger partial charge in [0, 0.05) is 6.42 Å². The first-order valence-corrected chi connectivity index (χ1v) is 8.75. The third kappa shape index (κ3) is 6.23. The summed E-state index contributed by atoms with van der Waals surface area (Å²) in [6, 6.07) is 6.13. The molecular formula is C19H26N2O4. The van der Waals surface area contributed by atoms with Crippen molar-refractivity contribution in [2.24, 2.45) is 0 Å². The van der Waals surface area contributed by atoms with Gasteiger partial charge in [-0.1, -0.05) is 23.8 Å². The lowest BCUT2D eigenvalue weighted by Crippen LogP contribution is -2.93. The number of carboxylic acid groups (broad SMARTS) is 1. The van der Waals surface area contributed by atoms with E-state index in [2.05, 4.69) is 11.4 Å². The number of quaternary nitrogens is 1. The predicted molar refractivity (Wildman–Crippen MR) is 93.0 cm³/mol. The quantitative estimate of drug-likeness (QED) is 0.640. The van der Waals surface area contributed by atoms with Crippen molar-refractivity contribution < 1.29 is 24.7 Å². The molecule has 0 spiro atoms. The van der Waals surface area contributed by atoms with Crippen LogP contribution < -0.4 is 20.5 Å². The van der Waals surface area contributed by atoms with Crippen LogP contribution in [0, 0.1) is 0 Å². The van der Waals surface area contributed by atoms with E-state index in [4.69, 9.17) is 4.74 Å². The van der Waals surface area contributed by atoms with Gasteiger partial charge in [0.25, 0.3) is 0 Å². The summed E-state index contributed by atoms with van der Waals surface area (Å²) in [6.07, 6.45) is 7.62. The number of amides is 1. The molecule has 0 bridgehead atoms. The standard InChI is InChI=1S/C19H26N2O4/c1-25-17-10-6-5-9-15(17)21-18(22)13-16(19(23)24)20-12-11-14-7-3-2-4-8-14/h5-7,9-10,16,20H,2-4,8,11-13H2,1H3,(H,21,22)(H,23,24)/t16-/m1/s1. The van der Waals surface area contributed by atoms with Crippen molar-refractivity contribution in [1.82, 2.24) is 0 Å². The van der Waals surface area contributed by atoms with E-state index in [1.54, 1.807) is 29.6 Å². The van der Waals surface area contributed by atoms with Crippen LogP contribution in [0.4, 0.5) is 5.69 Å². The first-order valence-electron chi connectivity index (χ1n) is 8.75. The van der Waals surface area contributed by atoms with Crippen molar-refractivity contribution in [3.63, 3.8) is 0 Å². The van der Waals surface area contributed by atoms with Gasteiger partial charge in [-0.3, -0.25) is 4.79 Å². The number of carbonyl (C=O) groups excluding carboxylic acids is 2. The number of anilines is 1. The minimum absolute atomic E-state index is 0.139. The van der Waals surface area contributed by atoms with Gasteiger partial charge >= 0.3 is 0 Å². The van der Waals surface area contributed by atoms with Crippen LogP contribution in [0.15, 0.2) is 35.9 Å². The number of nitrogens with two attached hydrogens (primary N) is 1. The van der Waals surface area contributed by atoms with Crippen LogP contribution in [0.2, 0.25) is 0 Å². The number of para-hydroxylation sites is 2. The fourth-order valence-electron chi connectivity index (χ4n) is 3.01. The molecule has 1 aliphatic rings. The summed E-state index contributed by atoms with van der Waals surface area (Å²) in [5, 5.41) is 15.7. The molecule has 1 aromatic rings. The van der Waals surface area contributed by atoms with E-state index in [0.717, 1.165) is 19.3 Å². The van der Waals surface area contributed by atoms with Gasteiger partial charge in [0.1, 0.15) is 11.8 Å². The molecule has 0 saturated heterocycles. The topological polar surface area (TPSA) is 95.1 Å². The Labute approximate surface area is 148 Å². The van der Waals surface area contributed by atoms with Crippen LogP contribution >= 0.6 is 0 Å². The Balaban J connectivity index is 1.84. The van der Waals surface area contributed by atoms with Crippen molar-refractivity contribution in [1.29, 1.82) is 0 Å². The van der Waals surface area contributed by atoms with E-state index >= 15 is 0 Å². The zero-order valence-corrected chi connectivity index (χ0v) is 14.6. The molecule has 0 heterocycles. The number of rotatable bonds is 9. The average Bonchev–Trinajstić information content (AvgIpc) is 2.62. The number of methoxy groups -OCH3 is 1. The number of hydrogen-bond donors (Lipinski definition) is 2. The van der Waals surface area contributed by atoms with Gasteiger partial charge in [0.05, 0.1) is 31.7 Å². The molecule has 0 aliphatic heterocycles. The van der Waals surface area contributed by atoms with Crippen LogP contribution in [-0.2, 0) is 9.59 Å². The minimum Gasteiger partial charge on any atom is -0.544 e. The van der Waals surface area contributed by atoms with E-state index in [1.807, 2.05) is 0 Å². The van der Waals surface area contributed by atoms with Crippen molar-refractivity contribution >= 4 is 17.6 Å². The van der Waals surface area contributed by atoms with Gasteiger partial charge in [-0.15, -0.1) is 0 Å². The summed E-state index contributed by atoms with van der Waals surface area (Å²) in [6.45, 7) is 0.645. The van der Waals surface area contributed by atoms with Crippen LogP contribution in [0.3, 0.4) is 0 Å². The molecule has 3 N–H and O–H groups in total. The molecule has 1 atom stereocenters. The summed E-state index contributed by atoms with van der Waals surface area (Å²) < 4.78 is 5.17. The number of benzene rings is 1. The number of ether oxygens (including phenoxy) is 1. The van der Waals surface area contributed by atoms with Gasteiger partial charge in [-0.2, -0.15) is 0 Å². The number of nitrogens with one attached hydrogen (secondary N) is 1. The second-order valence-electron chi connectivity index (χ2n) is 6.26. The first-order chi connectivity index (χ1) is 12.1. The molecule has 0 saturated carbocycles.